The number of aromatic amines is 4. The fourth-order valence-electron chi connectivity index (χ4n) is 14.5. The number of aryl methyl sites for hydroxylation is 2. The predicted octanol–water partition coefficient (Wildman–Crippen LogP) is 20.0. The number of hydrogen-bond acceptors (Lipinski definition) is 20. The molecule has 0 radical (unpaired) electrons. The van der Waals surface area contributed by atoms with Gasteiger partial charge in [0.05, 0.1) is 11.4 Å². The smallest absolute Gasteiger partial charge is 0.247 e. The summed E-state index contributed by atoms with van der Waals surface area (Å²) in [6.07, 6.45) is 11.8. The Balaban J connectivity index is 0.000000142. The second kappa shape index (κ2) is 42.4. The number of rotatable bonds is 26. The molecule has 4 aromatic heterocycles. The number of H-pyrrole nitrogens is 4. The molecule has 0 saturated carbocycles. The van der Waals surface area contributed by atoms with Crippen molar-refractivity contribution in [1.29, 1.82) is 0 Å². The highest BCUT2D eigenvalue weighted by atomic mass is 79.9. The number of anilines is 12. The van der Waals surface area contributed by atoms with Crippen LogP contribution >= 0.6 is 31.9 Å². The third kappa shape index (κ3) is 25.4. The van der Waals surface area contributed by atoms with E-state index in [0.29, 0.717) is 86.9 Å². The van der Waals surface area contributed by atoms with Gasteiger partial charge >= 0.3 is 0 Å². The summed E-state index contributed by atoms with van der Waals surface area (Å²) in [5.41, 5.74) is 17.2. The zero-order valence-electron chi connectivity index (χ0n) is 70.1. The normalized spacial score (nSPS) is 14.1. The van der Waals surface area contributed by atoms with Crippen LogP contribution in [0.25, 0.3) is 0 Å². The van der Waals surface area contributed by atoms with Crippen LogP contribution in [0.5, 0.6) is 46.5 Å². The Morgan fingerprint density at radius 2 is 0.685 bits per heavy atom. The van der Waals surface area contributed by atoms with E-state index in [1.54, 1.807) is 115 Å². The van der Waals surface area contributed by atoms with Crippen molar-refractivity contribution in [3.05, 3.63) is 286 Å². The number of carbonyl (C=O) groups excluding carboxylic acids is 4. The summed E-state index contributed by atoms with van der Waals surface area (Å²) in [6.45, 7) is 26.7. The monoisotopic (exact) mass is 1800 g/mol. The number of benzene rings is 8. The molecule has 124 heavy (non-hydrogen) atoms. The highest BCUT2D eigenvalue weighted by molar-refractivity contribution is 9.11. The number of halogens is 2. The van der Waals surface area contributed by atoms with E-state index in [-0.39, 0.29) is 23.6 Å². The van der Waals surface area contributed by atoms with Gasteiger partial charge in [-0.25, -0.2) is 0 Å². The van der Waals surface area contributed by atoms with Gasteiger partial charge in [0.1, 0.15) is 46.3 Å². The van der Waals surface area contributed by atoms with Crippen LogP contribution in [-0.4, -0.2) is 151 Å². The lowest BCUT2D eigenvalue weighted by atomic mass is 9.88. The standard InChI is InChI=1S/C25H29N5O2.C24H26BrN5O2.C23H25N5O2.C22H22BrN5O2/c1-4-24(31)26-20-6-5-7-21(15-20)32-25-16-23(28-29-25)27-22-9-8-19(14-17(22)2)18-10-12-30(3)13-11-18;1-3-23(31)26-18-5-4-6-19(14-18)32-24-15-22(28-29-24)27-21-8-7-17(13-20(21)25)16-9-11-30(2)12-10-16;1-4-22(29)24-18-6-5-7-19(12-18)30-23-13-21(26-27-23)25-20-11-16-8-9-28(3)14-17(16)10-15(20)2;1-3-21(29)24-16-5-4-6-17(11-16)30-22-12-20(26-27-22)25-19-10-14-7-8-28(2)13-15(14)9-18(19)23/h4-9,14-16,18H,1,10-13H2,2-3H3,(H,26,31)(H2,27,28,29);3-8,13-16H,1,9-12H2,2H3,(H,26,31)(H2,27,28,29);4-7,10-13H,1,8-9,14H2,2-3H3,(H,24,29)(H2,25,26,27);3-6,9-12H,1,7-8,13H2,2H3,(H,24,29)(H2,25,26,27). The summed E-state index contributed by atoms with van der Waals surface area (Å²) in [6, 6.07) is 57.5. The number of hydrogen-bond donors (Lipinski definition) is 12. The number of likely N-dealkylation sites (tertiary alicyclic amines) is 2. The zero-order chi connectivity index (χ0) is 87.2. The number of nitrogens with zero attached hydrogens (tertiary/aromatic N) is 8. The van der Waals surface area contributed by atoms with E-state index in [9.17, 15) is 19.2 Å². The highest BCUT2D eigenvalue weighted by Gasteiger charge is 2.24. The van der Waals surface area contributed by atoms with Crippen molar-refractivity contribution in [3.63, 3.8) is 0 Å². The fourth-order valence-corrected chi connectivity index (χ4v) is 15.5. The lowest BCUT2D eigenvalue weighted by Crippen LogP contribution is -2.29. The van der Waals surface area contributed by atoms with Gasteiger partial charge in [-0.3, -0.25) is 39.6 Å². The lowest BCUT2D eigenvalue weighted by Gasteiger charge is -2.29. The number of aromatic nitrogens is 8. The minimum atomic E-state index is -0.277. The van der Waals surface area contributed by atoms with Gasteiger partial charge in [0, 0.05) is 118 Å². The zero-order valence-corrected chi connectivity index (χ0v) is 73.3. The maximum Gasteiger partial charge on any atom is 0.247 e. The van der Waals surface area contributed by atoms with Crippen LogP contribution < -0.4 is 61.5 Å². The number of nitrogens with one attached hydrogen (secondary N) is 12. The number of likely N-dealkylation sites (N-methyl/N-ethyl adjacent to an activating group) is 2. The SMILES string of the molecule is C=CC(=O)Nc1cccc(Oc2cc(Nc3cc4c(cc3Br)CN(C)CC4)[nH]n2)c1.C=CC(=O)Nc1cccc(Oc2cc(Nc3cc4c(cc3C)CN(C)CC4)[nH]n2)c1.C=CC(=O)Nc1cccc(Oc2cc(Nc3ccc(C4CCN(C)CC4)cc3Br)[nH]n2)c1.C=CC(=O)Nc1cccc(Oc2cc(Nc3ccc(C4CCN(C)CC4)cc3C)[nH]n2)c1. The van der Waals surface area contributed by atoms with Crippen LogP contribution in [0.1, 0.15) is 82.0 Å². The Morgan fingerprint density at radius 3 is 1.06 bits per heavy atom. The predicted molar refractivity (Wildman–Crippen MR) is 499 cm³/mol. The molecule has 12 aromatic rings. The molecule has 0 unspecified atom stereocenters. The Morgan fingerprint density at radius 1 is 0.363 bits per heavy atom. The second-order valence-electron chi connectivity index (χ2n) is 30.8. The van der Waals surface area contributed by atoms with Crippen molar-refractivity contribution in [3.8, 4) is 46.5 Å². The van der Waals surface area contributed by atoms with E-state index in [4.69, 9.17) is 18.9 Å². The van der Waals surface area contributed by atoms with Crippen LogP contribution in [0.3, 0.4) is 0 Å². The Hall–Kier alpha value is -13.4. The Labute approximate surface area is 738 Å². The molecule has 2 saturated heterocycles. The maximum absolute atomic E-state index is 11.5. The molecular formula is C94H102Br2N20O8. The minimum Gasteiger partial charge on any atom is -0.437 e. The van der Waals surface area contributed by atoms with Crippen molar-refractivity contribution in [2.24, 2.45) is 0 Å². The molecule has 16 rings (SSSR count). The van der Waals surface area contributed by atoms with Gasteiger partial charge in [-0.15, -0.1) is 20.4 Å². The summed E-state index contributed by atoms with van der Waals surface area (Å²) in [5.74, 6) is 7.03. The van der Waals surface area contributed by atoms with Gasteiger partial charge in [-0.2, -0.15) is 0 Å². The number of amides is 4. The quantitative estimate of drug-likeness (QED) is 0.0224. The molecule has 12 N–H and O–H groups in total. The first-order chi connectivity index (χ1) is 60.0. The van der Waals surface area contributed by atoms with Gasteiger partial charge in [-0.05, 0) is 304 Å². The number of fused-ring (bicyclic) bond motifs is 2. The van der Waals surface area contributed by atoms with Gasteiger partial charge in [0.2, 0.25) is 47.1 Å². The molecule has 4 aliphatic heterocycles. The number of carbonyl (C=O) groups is 4. The molecule has 4 amide bonds. The van der Waals surface area contributed by atoms with E-state index in [1.807, 2.05) is 6.07 Å². The molecule has 640 valence electrons. The molecule has 2 fully saturated rings. The first-order valence-corrected chi connectivity index (χ1v) is 42.3. The molecule has 0 atom stereocenters. The first-order valence-electron chi connectivity index (χ1n) is 40.7. The maximum atomic E-state index is 11.5. The number of piperidine rings is 2. The van der Waals surface area contributed by atoms with Gasteiger partial charge in [0.25, 0.3) is 0 Å². The van der Waals surface area contributed by atoms with E-state index in [1.165, 1.54) is 94.5 Å². The summed E-state index contributed by atoms with van der Waals surface area (Å²) >= 11 is 7.36. The molecule has 8 aromatic carbocycles. The van der Waals surface area contributed by atoms with Crippen molar-refractivity contribution in [1.82, 2.24) is 60.4 Å². The lowest BCUT2D eigenvalue weighted by molar-refractivity contribution is -0.112. The van der Waals surface area contributed by atoms with Crippen molar-refractivity contribution >= 4 is 124 Å². The van der Waals surface area contributed by atoms with E-state index in [2.05, 4.69) is 264 Å². The molecule has 4 aliphatic rings. The average molecular weight is 1800 g/mol. The topological polar surface area (TPSA) is 329 Å². The average Bonchev–Trinajstić information content (AvgIpc) is 0.837. The van der Waals surface area contributed by atoms with Crippen molar-refractivity contribution in [2.75, 3.05) is 110 Å². The van der Waals surface area contributed by atoms with E-state index >= 15 is 0 Å². The largest absolute Gasteiger partial charge is 0.437 e. The Kier molecular flexibility index (Phi) is 30.3. The summed E-state index contributed by atoms with van der Waals surface area (Å²) in [4.78, 5) is 55.3. The van der Waals surface area contributed by atoms with Crippen LogP contribution in [0, 0.1) is 13.8 Å². The third-order valence-electron chi connectivity index (χ3n) is 21.2. The summed E-state index contributed by atoms with van der Waals surface area (Å²) in [7, 11) is 8.66. The summed E-state index contributed by atoms with van der Waals surface area (Å²) < 4.78 is 25.3. The van der Waals surface area contributed by atoms with Gasteiger partial charge < -0.3 is 81.1 Å². The fraction of sp³-hybridized carbons (Fsp3) is 0.234. The summed E-state index contributed by atoms with van der Waals surface area (Å²) in [5, 5.41) is 53.0. The molecule has 28 nitrogen and oxygen atoms in total. The van der Waals surface area contributed by atoms with E-state index in [0.717, 1.165) is 114 Å². The first kappa shape index (κ1) is 88.4. The van der Waals surface area contributed by atoms with Gasteiger partial charge in [-0.1, -0.05) is 74.8 Å². The minimum absolute atomic E-state index is 0.273. The second-order valence-corrected chi connectivity index (χ2v) is 32.5. The van der Waals surface area contributed by atoms with Crippen molar-refractivity contribution in [2.45, 2.75) is 77.3 Å². The number of ether oxygens (including phenoxy) is 4. The van der Waals surface area contributed by atoms with Gasteiger partial charge in [0.15, 0.2) is 0 Å². The molecule has 30 heteroatoms. The molecule has 0 aliphatic carbocycles. The third-order valence-corrected chi connectivity index (χ3v) is 22.5. The van der Waals surface area contributed by atoms with Crippen LogP contribution in [0.2, 0.25) is 0 Å². The molecular weight excluding hydrogens is 1700 g/mol. The van der Waals surface area contributed by atoms with Crippen LogP contribution in [0.15, 0.2) is 242 Å². The van der Waals surface area contributed by atoms with Crippen molar-refractivity contribution < 1.29 is 38.1 Å². The molecule has 0 bridgehead atoms. The van der Waals surface area contributed by atoms with Crippen LogP contribution in [0.4, 0.5) is 68.8 Å². The molecule has 8 heterocycles. The highest BCUT2D eigenvalue weighted by Crippen LogP contribution is 2.39. The molecule has 0 spiro atoms. The van der Waals surface area contributed by atoms with Crippen LogP contribution in [-0.2, 0) is 45.1 Å². The van der Waals surface area contributed by atoms with E-state index < -0.39 is 0 Å². The Bertz CT molecular complexity index is 5440.